The molecular formula is C16H20N2O2. The highest BCUT2D eigenvalue weighted by atomic mass is 16.2. The van der Waals surface area contributed by atoms with Crippen LogP contribution in [0.5, 0.6) is 0 Å². The Kier molecular flexibility index (Phi) is 3.57. The van der Waals surface area contributed by atoms with E-state index in [0.717, 1.165) is 49.2 Å². The van der Waals surface area contributed by atoms with Crippen molar-refractivity contribution in [1.29, 1.82) is 0 Å². The molecule has 106 valence electrons. The molecule has 1 aromatic rings. The third kappa shape index (κ3) is 2.36. The number of amides is 1. The van der Waals surface area contributed by atoms with E-state index in [1.807, 2.05) is 18.2 Å². The van der Waals surface area contributed by atoms with Crippen molar-refractivity contribution in [3.8, 4) is 0 Å². The van der Waals surface area contributed by atoms with Gasteiger partial charge in [-0.15, -0.1) is 0 Å². The fourth-order valence-corrected chi connectivity index (χ4v) is 3.12. The zero-order valence-electron chi connectivity index (χ0n) is 11.8. The van der Waals surface area contributed by atoms with Crippen LogP contribution in [0.1, 0.15) is 35.2 Å². The SMILES string of the molecule is CN1C(=O)CCc2cc(C(=O)C3CCCNC3)ccc21. The number of benzene rings is 1. The molecule has 2 aliphatic heterocycles. The van der Waals surface area contributed by atoms with Gasteiger partial charge in [0.05, 0.1) is 0 Å². The van der Waals surface area contributed by atoms with Gasteiger partial charge in [0.1, 0.15) is 0 Å². The second-order valence-corrected chi connectivity index (χ2v) is 5.70. The number of aryl methyl sites for hydroxylation is 1. The second-order valence-electron chi connectivity index (χ2n) is 5.70. The van der Waals surface area contributed by atoms with Crippen LogP contribution in [0, 0.1) is 5.92 Å². The number of anilines is 1. The van der Waals surface area contributed by atoms with Crippen molar-refractivity contribution in [2.24, 2.45) is 5.92 Å². The Labute approximate surface area is 119 Å². The first kappa shape index (κ1) is 13.3. The Bertz CT molecular complexity index is 547. The predicted octanol–water partition coefficient (Wildman–Crippen LogP) is 1.78. The van der Waals surface area contributed by atoms with Gasteiger partial charge in [0, 0.05) is 37.2 Å². The van der Waals surface area contributed by atoms with Crippen molar-refractivity contribution < 1.29 is 9.59 Å². The number of fused-ring (bicyclic) bond motifs is 1. The number of carbonyl (C=O) groups is 2. The predicted molar refractivity (Wildman–Crippen MR) is 78.1 cm³/mol. The molecule has 1 atom stereocenters. The summed E-state index contributed by atoms with van der Waals surface area (Å²) in [4.78, 5) is 25.9. The second kappa shape index (κ2) is 5.37. The molecule has 4 heteroatoms. The minimum absolute atomic E-state index is 0.102. The van der Waals surface area contributed by atoms with Crippen LogP contribution in [0.25, 0.3) is 0 Å². The van der Waals surface area contributed by atoms with E-state index in [0.29, 0.717) is 6.42 Å². The quantitative estimate of drug-likeness (QED) is 0.835. The summed E-state index contributed by atoms with van der Waals surface area (Å²) >= 11 is 0. The monoisotopic (exact) mass is 272 g/mol. The van der Waals surface area contributed by atoms with Gasteiger partial charge in [-0.3, -0.25) is 9.59 Å². The number of nitrogens with one attached hydrogen (secondary N) is 1. The number of Topliss-reactive ketones (excluding diaryl/α,β-unsaturated/α-hetero) is 1. The summed E-state index contributed by atoms with van der Waals surface area (Å²) in [5, 5.41) is 3.29. The van der Waals surface area contributed by atoms with Crippen LogP contribution in [0.15, 0.2) is 18.2 Å². The van der Waals surface area contributed by atoms with Gasteiger partial charge >= 0.3 is 0 Å². The van der Waals surface area contributed by atoms with Gasteiger partial charge in [-0.1, -0.05) is 0 Å². The fourth-order valence-electron chi connectivity index (χ4n) is 3.12. The lowest BCUT2D eigenvalue weighted by molar-refractivity contribution is -0.118. The number of piperidine rings is 1. The van der Waals surface area contributed by atoms with Crippen LogP contribution in [0.3, 0.4) is 0 Å². The molecule has 4 nitrogen and oxygen atoms in total. The molecule has 0 spiro atoms. The van der Waals surface area contributed by atoms with Crippen LogP contribution >= 0.6 is 0 Å². The van der Waals surface area contributed by atoms with Crippen LogP contribution in [0.4, 0.5) is 5.69 Å². The molecule has 3 rings (SSSR count). The van der Waals surface area contributed by atoms with Crippen LogP contribution in [-0.2, 0) is 11.2 Å². The van der Waals surface area contributed by atoms with E-state index in [1.54, 1.807) is 11.9 Å². The Morgan fingerprint density at radius 1 is 1.35 bits per heavy atom. The van der Waals surface area contributed by atoms with E-state index in [2.05, 4.69) is 5.32 Å². The standard InChI is InChI=1S/C16H20N2O2/c1-18-14-6-4-12(9-11(14)5-7-15(18)19)16(20)13-3-2-8-17-10-13/h4,6,9,13,17H,2-3,5,7-8,10H2,1H3. The van der Waals surface area contributed by atoms with Gasteiger partial charge < -0.3 is 10.2 Å². The average molecular weight is 272 g/mol. The summed E-state index contributed by atoms with van der Waals surface area (Å²) in [5.41, 5.74) is 2.85. The van der Waals surface area contributed by atoms with E-state index in [9.17, 15) is 9.59 Å². The number of hydrogen-bond acceptors (Lipinski definition) is 3. The summed E-state index contributed by atoms with van der Waals surface area (Å²) < 4.78 is 0. The normalized spacial score (nSPS) is 22.6. The topological polar surface area (TPSA) is 49.4 Å². The number of nitrogens with zero attached hydrogens (tertiary/aromatic N) is 1. The molecule has 1 amide bonds. The molecule has 0 aliphatic carbocycles. The highest BCUT2D eigenvalue weighted by Gasteiger charge is 2.25. The first-order valence-electron chi connectivity index (χ1n) is 7.31. The van der Waals surface area contributed by atoms with Crippen molar-refractivity contribution in [3.63, 3.8) is 0 Å². The van der Waals surface area contributed by atoms with Crippen molar-refractivity contribution in [1.82, 2.24) is 5.32 Å². The molecule has 20 heavy (non-hydrogen) atoms. The summed E-state index contributed by atoms with van der Waals surface area (Å²) in [6.07, 6.45) is 3.31. The molecule has 1 fully saturated rings. The first-order chi connectivity index (χ1) is 9.66. The van der Waals surface area contributed by atoms with Gasteiger partial charge in [-0.2, -0.15) is 0 Å². The molecule has 1 saturated heterocycles. The van der Waals surface area contributed by atoms with Crippen molar-refractivity contribution in [2.75, 3.05) is 25.0 Å². The molecule has 0 bridgehead atoms. The lowest BCUT2D eigenvalue weighted by atomic mass is 9.89. The lowest BCUT2D eigenvalue weighted by Gasteiger charge is -2.27. The number of rotatable bonds is 2. The lowest BCUT2D eigenvalue weighted by Crippen LogP contribution is -2.35. The van der Waals surface area contributed by atoms with Crippen LogP contribution in [0.2, 0.25) is 0 Å². The maximum absolute atomic E-state index is 12.5. The smallest absolute Gasteiger partial charge is 0.227 e. The molecule has 2 heterocycles. The molecule has 2 aliphatic rings. The minimum Gasteiger partial charge on any atom is -0.316 e. The maximum atomic E-state index is 12.5. The zero-order chi connectivity index (χ0) is 14.1. The van der Waals surface area contributed by atoms with Gasteiger partial charge in [0.25, 0.3) is 0 Å². The van der Waals surface area contributed by atoms with Crippen molar-refractivity contribution in [2.45, 2.75) is 25.7 Å². The Morgan fingerprint density at radius 2 is 2.20 bits per heavy atom. The van der Waals surface area contributed by atoms with E-state index >= 15 is 0 Å². The number of carbonyl (C=O) groups excluding carboxylic acids is 2. The highest BCUT2D eigenvalue weighted by molar-refractivity contribution is 6.00. The number of ketones is 1. The van der Waals surface area contributed by atoms with Crippen molar-refractivity contribution in [3.05, 3.63) is 29.3 Å². The molecule has 1 unspecified atom stereocenters. The third-order valence-electron chi connectivity index (χ3n) is 4.38. The summed E-state index contributed by atoms with van der Waals surface area (Å²) in [7, 11) is 1.80. The van der Waals surface area contributed by atoms with Gasteiger partial charge in [0.15, 0.2) is 5.78 Å². The van der Waals surface area contributed by atoms with Crippen LogP contribution in [-0.4, -0.2) is 31.8 Å². The zero-order valence-corrected chi connectivity index (χ0v) is 11.8. The molecule has 0 saturated carbocycles. The average Bonchev–Trinajstić information content (AvgIpc) is 2.51. The third-order valence-corrected chi connectivity index (χ3v) is 4.38. The molecule has 0 radical (unpaired) electrons. The van der Waals surface area contributed by atoms with Gasteiger partial charge in [-0.05, 0) is 49.6 Å². The minimum atomic E-state index is 0.102. The summed E-state index contributed by atoms with van der Waals surface area (Å²) in [6, 6.07) is 5.76. The fraction of sp³-hybridized carbons (Fsp3) is 0.500. The van der Waals surface area contributed by atoms with Crippen molar-refractivity contribution >= 4 is 17.4 Å². The molecular weight excluding hydrogens is 252 g/mol. The van der Waals surface area contributed by atoms with Gasteiger partial charge in [0.2, 0.25) is 5.91 Å². The van der Waals surface area contributed by atoms with E-state index in [1.165, 1.54) is 0 Å². The summed E-state index contributed by atoms with van der Waals surface area (Å²) in [6.45, 7) is 1.80. The Balaban J connectivity index is 1.85. The van der Waals surface area contributed by atoms with Crippen LogP contribution < -0.4 is 10.2 Å². The number of hydrogen-bond donors (Lipinski definition) is 1. The maximum Gasteiger partial charge on any atom is 0.227 e. The molecule has 1 aromatic carbocycles. The molecule has 0 aromatic heterocycles. The van der Waals surface area contributed by atoms with E-state index in [4.69, 9.17) is 0 Å². The Hall–Kier alpha value is -1.68. The summed E-state index contributed by atoms with van der Waals surface area (Å²) in [5.74, 6) is 0.484. The first-order valence-corrected chi connectivity index (χ1v) is 7.31. The Morgan fingerprint density at radius 3 is 2.95 bits per heavy atom. The van der Waals surface area contributed by atoms with Gasteiger partial charge in [-0.25, -0.2) is 0 Å². The van der Waals surface area contributed by atoms with E-state index < -0.39 is 0 Å². The largest absolute Gasteiger partial charge is 0.316 e. The van der Waals surface area contributed by atoms with E-state index in [-0.39, 0.29) is 17.6 Å². The molecule has 1 N–H and O–H groups in total. The highest BCUT2D eigenvalue weighted by Crippen LogP contribution is 2.28.